The molecule has 2 N–H and O–H groups in total. The monoisotopic (exact) mass is 353 g/mol. The van der Waals surface area contributed by atoms with Gasteiger partial charge >= 0.3 is 5.97 Å². The third-order valence-electron chi connectivity index (χ3n) is 3.25. The molecule has 7 heteroatoms. The Kier molecular flexibility index (Phi) is 6.46. The SMILES string of the molecule is CCOC(=O)c1ccc(N/C=C(/C#N)C(=O)Nc2ccc(F)cc2)cc1. The van der Waals surface area contributed by atoms with Gasteiger partial charge in [-0.2, -0.15) is 5.26 Å². The highest BCUT2D eigenvalue weighted by Gasteiger charge is 2.10. The number of esters is 1. The van der Waals surface area contributed by atoms with Gasteiger partial charge in [0, 0.05) is 17.6 Å². The predicted octanol–water partition coefficient (Wildman–Crippen LogP) is 3.46. The fourth-order valence-corrected chi connectivity index (χ4v) is 1.95. The fourth-order valence-electron chi connectivity index (χ4n) is 1.95. The molecule has 2 rings (SSSR count). The minimum Gasteiger partial charge on any atom is -0.462 e. The average Bonchev–Trinajstić information content (AvgIpc) is 2.65. The third-order valence-corrected chi connectivity index (χ3v) is 3.25. The Morgan fingerprint density at radius 3 is 2.31 bits per heavy atom. The van der Waals surface area contributed by atoms with E-state index in [0.717, 1.165) is 0 Å². The van der Waals surface area contributed by atoms with Crippen LogP contribution in [0.25, 0.3) is 0 Å². The molecule has 0 aromatic heterocycles. The zero-order chi connectivity index (χ0) is 18.9. The smallest absolute Gasteiger partial charge is 0.338 e. The summed E-state index contributed by atoms with van der Waals surface area (Å²) in [4.78, 5) is 23.6. The molecule has 0 heterocycles. The zero-order valence-corrected chi connectivity index (χ0v) is 14.0. The van der Waals surface area contributed by atoms with E-state index in [1.165, 1.54) is 30.5 Å². The number of carbonyl (C=O) groups is 2. The summed E-state index contributed by atoms with van der Waals surface area (Å²) in [5, 5.41) is 14.4. The number of nitrogens with zero attached hydrogens (tertiary/aromatic N) is 1. The van der Waals surface area contributed by atoms with Crippen molar-refractivity contribution in [3.05, 3.63) is 71.7 Å². The lowest BCUT2D eigenvalue weighted by Crippen LogP contribution is -2.14. The Morgan fingerprint density at radius 2 is 1.73 bits per heavy atom. The molecule has 0 aliphatic rings. The average molecular weight is 353 g/mol. The van der Waals surface area contributed by atoms with Crippen molar-refractivity contribution in [3.8, 4) is 6.07 Å². The van der Waals surface area contributed by atoms with Crippen molar-refractivity contribution in [1.29, 1.82) is 5.26 Å². The van der Waals surface area contributed by atoms with Gasteiger partial charge in [-0.3, -0.25) is 4.79 Å². The summed E-state index contributed by atoms with van der Waals surface area (Å²) in [5.41, 5.74) is 1.19. The number of nitrogens with one attached hydrogen (secondary N) is 2. The Hall–Kier alpha value is -3.66. The first kappa shape index (κ1) is 18.7. The molecular formula is C19H16FN3O3. The van der Waals surface area contributed by atoms with Crippen LogP contribution in [-0.2, 0) is 9.53 Å². The highest BCUT2D eigenvalue weighted by Crippen LogP contribution is 2.13. The van der Waals surface area contributed by atoms with Gasteiger partial charge in [-0.25, -0.2) is 9.18 Å². The molecule has 1 amide bonds. The molecule has 0 aliphatic heterocycles. The lowest BCUT2D eigenvalue weighted by molar-refractivity contribution is -0.112. The highest BCUT2D eigenvalue weighted by molar-refractivity contribution is 6.06. The van der Waals surface area contributed by atoms with Crippen LogP contribution >= 0.6 is 0 Å². The first-order valence-corrected chi connectivity index (χ1v) is 7.74. The predicted molar refractivity (Wildman–Crippen MR) is 94.7 cm³/mol. The minimum atomic E-state index is -0.630. The lowest BCUT2D eigenvalue weighted by Gasteiger charge is -2.06. The number of nitriles is 1. The third kappa shape index (κ3) is 5.18. The molecule has 2 aromatic carbocycles. The van der Waals surface area contributed by atoms with E-state index < -0.39 is 17.7 Å². The maximum Gasteiger partial charge on any atom is 0.338 e. The molecule has 0 atom stereocenters. The van der Waals surface area contributed by atoms with Crippen LogP contribution in [0.15, 0.2) is 60.3 Å². The van der Waals surface area contributed by atoms with Gasteiger partial charge in [-0.05, 0) is 55.5 Å². The van der Waals surface area contributed by atoms with Gasteiger partial charge in [-0.15, -0.1) is 0 Å². The van der Waals surface area contributed by atoms with E-state index in [2.05, 4.69) is 10.6 Å². The van der Waals surface area contributed by atoms with Gasteiger partial charge in [0.05, 0.1) is 12.2 Å². The maximum atomic E-state index is 12.9. The minimum absolute atomic E-state index is 0.163. The van der Waals surface area contributed by atoms with Crippen LogP contribution in [0.3, 0.4) is 0 Å². The van der Waals surface area contributed by atoms with E-state index in [9.17, 15) is 14.0 Å². The van der Waals surface area contributed by atoms with Crippen LogP contribution in [0.4, 0.5) is 15.8 Å². The number of rotatable bonds is 6. The summed E-state index contributed by atoms with van der Waals surface area (Å²) >= 11 is 0. The normalized spacial score (nSPS) is 10.6. The maximum absolute atomic E-state index is 12.9. The molecule has 0 saturated carbocycles. The first-order chi connectivity index (χ1) is 12.5. The molecule has 2 aromatic rings. The van der Waals surface area contributed by atoms with Crippen molar-refractivity contribution in [2.45, 2.75) is 6.92 Å². The van der Waals surface area contributed by atoms with E-state index in [4.69, 9.17) is 10.00 Å². The van der Waals surface area contributed by atoms with Crippen molar-refractivity contribution in [2.24, 2.45) is 0 Å². The quantitative estimate of drug-likeness (QED) is 0.471. The van der Waals surface area contributed by atoms with Crippen LogP contribution in [0.2, 0.25) is 0 Å². The summed E-state index contributed by atoms with van der Waals surface area (Å²) in [5.74, 6) is -1.48. The Morgan fingerprint density at radius 1 is 1.12 bits per heavy atom. The van der Waals surface area contributed by atoms with Crippen molar-refractivity contribution in [1.82, 2.24) is 0 Å². The summed E-state index contributed by atoms with van der Waals surface area (Å²) in [7, 11) is 0. The van der Waals surface area contributed by atoms with Gasteiger partial charge < -0.3 is 15.4 Å². The van der Waals surface area contributed by atoms with Gasteiger partial charge in [-0.1, -0.05) is 0 Å². The van der Waals surface area contributed by atoms with Crippen molar-refractivity contribution in [2.75, 3.05) is 17.2 Å². The lowest BCUT2D eigenvalue weighted by atomic mass is 10.2. The molecule has 0 radical (unpaired) electrons. The highest BCUT2D eigenvalue weighted by atomic mass is 19.1. The number of anilines is 2. The van der Waals surface area contributed by atoms with E-state index >= 15 is 0 Å². The van der Waals surface area contributed by atoms with Crippen LogP contribution in [-0.4, -0.2) is 18.5 Å². The molecule has 0 unspecified atom stereocenters. The van der Waals surface area contributed by atoms with Gasteiger partial charge in [0.2, 0.25) is 0 Å². The molecule has 0 bridgehead atoms. The summed E-state index contributed by atoms with van der Waals surface area (Å²) in [6, 6.07) is 13.4. The molecule has 132 valence electrons. The standard InChI is InChI=1S/C19H16FN3O3/c1-2-26-19(25)13-3-7-16(8-4-13)22-12-14(11-21)18(24)23-17-9-5-15(20)6-10-17/h3-10,12,22H,2H2,1H3,(H,23,24)/b14-12-. The number of hydrogen-bond acceptors (Lipinski definition) is 5. The zero-order valence-electron chi connectivity index (χ0n) is 14.0. The topological polar surface area (TPSA) is 91.2 Å². The molecule has 0 fully saturated rings. The van der Waals surface area contributed by atoms with Gasteiger partial charge in [0.15, 0.2) is 0 Å². The summed E-state index contributed by atoms with van der Waals surface area (Å²) < 4.78 is 17.8. The molecule has 6 nitrogen and oxygen atoms in total. The molecular weight excluding hydrogens is 337 g/mol. The van der Waals surface area contributed by atoms with Crippen molar-refractivity contribution < 1.29 is 18.7 Å². The molecule has 0 aliphatic carbocycles. The van der Waals surface area contributed by atoms with Crippen LogP contribution in [0.1, 0.15) is 17.3 Å². The Balaban J connectivity index is 2.02. The first-order valence-electron chi connectivity index (χ1n) is 7.74. The largest absolute Gasteiger partial charge is 0.462 e. The van der Waals surface area contributed by atoms with E-state index in [1.54, 1.807) is 37.3 Å². The fraction of sp³-hybridized carbons (Fsp3) is 0.105. The second-order valence-corrected chi connectivity index (χ2v) is 5.07. The number of amides is 1. The van der Waals surface area contributed by atoms with Crippen molar-refractivity contribution >= 4 is 23.3 Å². The second kappa shape index (κ2) is 8.99. The number of benzene rings is 2. The Bertz CT molecular complexity index is 853. The summed E-state index contributed by atoms with van der Waals surface area (Å²) in [6.45, 7) is 2.01. The Labute approximate surface area is 149 Å². The van der Waals surface area contributed by atoms with Gasteiger partial charge in [0.1, 0.15) is 17.5 Å². The number of carbonyl (C=O) groups excluding carboxylic acids is 2. The van der Waals surface area contributed by atoms with E-state index in [-0.39, 0.29) is 12.2 Å². The summed E-state index contributed by atoms with van der Waals surface area (Å²) in [6.07, 6.45) is 1.25. The van der Waals surface area contributed by atoms with E-state index in [1.807, 2.05) is 0 Å². The second-order valence-electron chi connectivity index (χ2n) is 5.07. The number of hydrogen-bond donors (Lipinski definition) is 2. The van der Waals surface area contributed by atoms with Gasteiger partial charge in [0.25, 0.3) is 5.91 Å². The number of ether oxygens (including phenoxy) is 1. The van der Waals surface area contributed by atoms with Crippen LogP contribution in [0.5, 0.6) is 0 Å². The number of halogens is 1. The molecule has 0 spiro atoms. The molecule has 26 heavy (non-hydrogen) atoms. The van der Waals surface area contributed by atoms with Crippen molar-refractivity contribution in [3.63, 3.8) is 0 Å². The molecule has 0 saturated heterocycles. The van der Waals surface area contributed by atoms with Crippen LogP contribution in [0, 0.1) is 17.1 Å². The van der Waals surface area contributed by atoms with Crippen LogP contribution < -0.4 is 10.6 Å². The van der Waals surface area contributed by atoms with E-state index in [0.29, 0.717) is 16.9 Å².